The molecule has 1 aromatic rings. The average molecular weight is 249 g/mol. The molecule has 0 aliphatic carbocycles. The third-order valence-electron chi connectivity index (χ3n) is 2.10. The molecule has 1 aliphatic heterocycles. The van der Waals surface area contributed by atoms with Crippen molar-refractivity contribution in [3.8, 4) is 0 Å². The molecule has 1 heterocycles. The molecule has 13 heavy (non-hydrogen) atoms. The zero-order valence-corrected chi connectivity index (χ0v) is 8.27. The highest BCUT2D eigenvalue weighted by Gasteiger charge is 2.37. The fourth-order valence-corrected chi connectivity index (χ4v) is 1.79. The number of benzene rings is 1. The molecule has 0 saturated carbocycles. The molecule has 0 bridgehead atoms. The van der Waals surface area contributed by atoms with Gasteiger partial charge in [-0.05, 0) is 17.7 Å². The zero-order chi connectivity index (χ0) is 9.47. The molecule has 1 fully saturated rings. The maximum absolute atomic E-state index is 12.8. The number of ether oxygens (including phenoxy) is 1. The average Bonchev–Trinajstić information content (AvgIpc) is 2.06. The first-order valence-electron chi connectivity index (χ1n) is 3.84. The van der Waals surface area contributed by atoms with Gasteiger partial charge in [-0.25, -0.2) is 8.78 Å². The second kappa shape index (κ2) is 3.03. The predicted octanol–water partition coefficient (Wildman–Crippen LogP) is 2.59. The lowest BCUT2D eigenvalue weighted by Crippen LogP contribution is -2.41. The molecule has 0 N–H and O–H groups in total. The van der Waals surface area contributed by atoms with E-state index in [4.69, 9.17) is 4.74 Å². The summed E-state index contributed by atoms with van der Waals surface area (Å²) in [5.74, 6) is -1.64. The van der Waals surface area contributed by atoms with E-state index in [1.165, 1.54) is 6.07 Å². The van der Waals surface area contributed by atoms with Gasteiger partial charge in [-0.15, -0.1) is 0 Å². The third kappa shape index (κ3) is 1.48. The van der Waals surface area contributed by atoms with Crippen molar-refractivity contribution in [2.75, 3.05) is 13.2 Å². The molecule has 0 atom stereocenters. The highest BCUT2D eigenvalue weighted by Crippen LogP contribution is 2.38. The molecular formula is C9H7BrF2O. The highest BCUT2D eigenvalue weighted by atomic mass is 79.9. The van der Waals surface area contributed by atoms with Gasteiger partial charge in [0.25, 0.3) is 0 Å². The summed E-state index contributed by atoms with van der Waals surface area (Å²) in [5, 5.41) is 0. The lowest BCUT2D eigenvalue weighted by Gasteiger charge is -2.36. The molecule has 0 amide bonds. The molecule has 0 radical (unpaired) electrons. The van der Waals surface area contributed by atoms with Crippen molar-refractivity contribution in [3.63, 3.8) is 0 Å². The Bertz CT molecular complexity index is 336. The van der Waals surface area contributed by atoms with E-state index < -0.39 is 11.6 Å². The maximum Gasteiger partial charge on any atom is 0.159 e. The SMILES string of the molecule is Fc1ccc(C2(Br)COC2)cc1F. The van der Waals surface area contributed by atoms with Crippen LogP contribution in [0.3, 0.4) is 0 Å². The van der Waals surface area contributed by atoms with E-state index in [9.17, 15) is 8.78 Å². The van der Waals surface area contributed by atoms with Crippen LogP contribution in [0.25, 0.3) is 0 Å². The van der Waals surface area contributed by atoms with E-state index >= 15 is 0 Å². The van der Waals surface area contributed by atoms with Crippen LogP contribution in [0.5, 0.6) is 0 Å². The number of hydrogen-bond acceptors (Lipinski definition) is 1. The molecular weight excluding hydrogens is 242 g/mol. The lowest BCUT2D eigenvalue weighted by molar-refractivity contribution is -0.00713. The van der Waals surface area contributed by atoms with E-state index in [2.05, 4.69) is 15.9 Å². The summed E-state index contributed by atoms with van der Waals surface area (Å²) in [4.78, 5) is 0. The molecule has 4 heteroatoms. The fraction of sp³-hybridized carbons (Fsp3) is 0.333. The summed E-state index contributed by atoms with van der Waals surface area (Å²) in [7, 11) is 0. The van der Waals surface area contributed by atoms with Crippen LogP contribution in [0.15, 0.2) is 18.2 Å². The Kier molecular flexibility index (Phi) is 2.12. The smallest absolute Gasteiger partial charge is 0.159 e. The Hall–Kier alpha value is -0.480. The first-order valence-corrected chi connectivity index (χ1v) is 4.63. The minimum atomic E-state index is -0.819. The molecule has 1 nitrogen and oxygen atoms in total. The number of hydrogen-bond donors (Lipinski definition) is 0. The van der Waals surface area contributed by atoms with Crippen molar-refractivity contribution < 1.29 is 13.5 Å². The van der Waals surface area contributed by atoms with Crippen molar-refractivity contribution in [2.24, 2.45) is 0 Å². The van der Waals surface area contributed by atoms with Gasteiger partial charge in [0.2, 0.25) is 0 Å². The monoisotopic (exact) mass is 248 g/mol. The van der Waals surface area contributed by atoms with Gasteiger partial charge in [0, 0.05) is 0 Å². The van der Waals surface area contributed by atoms with Crippen LogP contribution in [-0.4, -0.2) is 13.2 Å². The van der Waals surface area contributed by atoms with Gasteiger partial charge in [0.15, 0.2) is 11.6 Å². The van der Waals surface area contributed by atoms with Gasteiger partial charge in [-0.1, -0.05) is 22.0 Å². The molecule has 0 unspecified atom stereocenters. The molecule has 1 aromatic carbocycles. The summed E-state index contributed by atoms with van der Waals surface area (Å²) in [5.41, 5.74) is 0.720. The Morgan fingerprint density at radius 1 is 1.23 bits per heavy atom. The van der Waals surface area contributed by atoms with Crippen LogP contribution in [0.1, 0.15) is 5.56 Å². The largest absolute Gasteiger partial charge is 0.378 e. The minimum absolute atomic E-state index is 0.318. The number of alkyl halides is 1. The zero-order valence-electron chi connectivity index (χ0n) is 6.69. The molecule has 0 spiro atoms. The van der Waals surface area contributed by atoms with E-state index in [0.717, 1.165) is 11.6 Å². The fourth-order valence-electron chi connectivity index (χ4n) is 1.22. The summed E-state index contributed by atoms with van der Waals surface area (Å²) in [6.07, 6.45) is 0. The lowest BCUT2D eigenvalue weighted by atomic mass is 9.97. The summed E-state index contributed by atoms with van der Waals surface area (Å²) in [6, 6.07) is 3.90. The van der Waals surface area contributed by atoms with Gasteiger partial charge in [0.1, 0.15) is 0 Å². The third-order valence-corrected chi connectivity index (χ3v) is 3.01. The number of rotatable bonds is 1. The van der Waals surface area contributed by atoms with Gasteiger partial charge < -0.3 is 4.74 Å². The summed E-state index contributed by atoms with van der Waals surface area (Å²) in [6.45, 7) is 0.996. The Balaban J connectivity index is 2.36. The van der Waals surface area contributed by atoms with Crippen LogP contribution >= 0.6 is 15.9 Å². The summed E-state index contributed by atoms with van der Waals surface area (Å²) < 4.78 is 30.1. The van der Waals surface area contributed by atoms with Gasteiger partial charge in [-0.2, -0.15) is 0 Å². The van der Waals surface area contributed by atoms with E-state index in [1.807, 2.05) is 0 Å². The minimum Gasteiger partial charge on any atom is -0.378 e. The standard InChI is InChI=1S/C9H7BrF2O/c10-9(4-13-5-9)6-1-2-7(11)8(12)3-6/h1-3H,4-5H2. The van der Waals surface area contributed by atoms with Crippen LogP contribution < -0.4 is 0 Å². The second-order valence-electron chi connectivity index (χ2n) is 3.09. The predicted molar refractivity (Wildman–Crippen MR) is 47.8 cm³/mol. The van der Waals surface area contributed by atoms with Crippen molar-refractivity contribution in [1.29, 1.82) is 0 Å². The second-order valence-corrected chi connectivity index (χ2v) is 4.60. The van der Waals surface area contributed by atoms with E-state index in [-0.39, 0.29) is 4.32 Å². The highest BCUT2D eigenvalue weighted by molar-refractivity contribution is 9.09. The topological polar surface area (TPSA) is 9.23 Å². The molecule has 0 aromatic heterocycles. The molecule has 1 aliphatic rings. The van der Waals surface area contributed by atoms with Crippen molar-refractivity contribution in [3.05, 3.63) is 35.4 Å². The first-order chi connectivity index (χ1) is 6.12. The van der Waals surface area contributed by atoms with Crippen LogP contribution in [-0.2, 0) is 9.06 Å². The van der Waals surface area contributed by atoms with Crippen molar-refractivity contribution in [2.45, 2.75) is 4.32 Å². The van der Waals surface area contributed by atoms with Crippen LogP contribution in [0.4, 0.5) is 8.78 Å². The maximum atomic E-state index is 12.8. The normalized spacial score (nSPS) is 19.6. The van der Waals surface area contributed by atoms with Crippen molar-refractivity contribution >= 4 is 15.9 Å². The Labute approximate surface area is 82.8 Å². The van der Waals surface area contributed by atoms with E-state index in [1.54, 1.807) is 6.07 Å². The van der Waals surface area contributed by atoms with Gasteiger partial charge >= 0.3 is 0 Å². The molecule has 70 valence electrons. The Morgan fingerprint density at radius 2 is 1.92 bits per heavy atom. The first kappa shape index (κ1) is 9.09. The molecule has 2 rings (SSSR count). The van der Waals surface area contributed by atoms with Gasteiger partial charge in [0.05, 0.1) is 17.5 Å². The number of halogens is 3. The van der Waals surface area contributed by atoms with E-state index in [0.29, 0.717) is 13.2 Å². The van der Waals surface area contributed by atoms with Crippen molar-refractivity contribution in [1.82, 2.24) is 0 Å². The van der Waals surface area contributed by atoms with Crippen LogP contribution in [0, 0.1) is 11.6 Å². The van der Waals surface area contributed by atoms with Gasteiger partial charge in [-0.3, -0.25) is 0 Å². The molecule has 1 saturated heterocycles. The summed E-state index contributed by atoms with van der Waals surface area (Å²) >= 11 is 3.42. The van der Waals surface area contributed by atoms with Crippen LogP contribution in [0.2, 0.25) is 0 Å². The Morgan fingerprint density at radius 3 is 2.38 bits per heavy atom. The quantitative estimate of drug-likeness (QED) is 0.695.